The molecule has 1 aromatic carbocycles. The molecule has 0 saturated carbocycles. The third kappa shape index (κ3) is 4.22. The van der Waals surface area contributed by atoms with Gasteiger partial charge in [-0.25, -0.2) is 0 Å². The molecule has 0 aliphatic carbocycles. The van der Waals surface area contributed by atoms with Gasteiger partial charge in [-0.3, -0.25) is 14.6 Å². The Hall–Kier alpha value is -1.17. The summed E-state index contributed by atoms with van der Waals surface area (Å²) in [6.45, 7) is 4.82. The van der Waals surface area contributed by atoms with Gasteiger partial charge < -0.3 is 0 Å². The van der Waals surface area contributed by atoms with Crippen LogP contribution in [-0.2, 0) is 4.79 Å². The highest BCUT2D eigenvalue weighted by Crippen LogP contribution is 2.32. The van der Waals surface area contributed by atoms with Crippen LogP contribution in [0.4, 0.5) is 0 Å². The number of amides is 1. The van der Waals surface area contributed by atoms with Crippen molar-refractivity contribution in [2.75, 3.05) is 19.8 Å². The molecule has 2 heterocycles. The molecule has 3 rings (SSSR count). The lowest BCUT2D eigenvalue weighted by molar-refractivity contribution is -0.123. The SMILES string of the molecule is Cc1ccc(C=C2SC(=S)N(CN3CCCCCC3)C2=O)cc1. The standard InChI is InChI=1S/C18H22N2OS2/c1-14-6-8-15(9-7-14)12-16-17(21)20(18(22)23-16)13-19-10-4-2-3-5-11-19/h6-9,12H,2-5,10-11,13H2,1H3. The topological polar surface area (TPSA) is 23.6 Å². The third-order valence-corrected chi connectivity index (χ3v) is 5.67. The Kier molecular flexibility index (Phi) is 5.51. The monoisotopic (exact) mass is 346 g/mol. The maximum Gasteiger partial charge on any atom is 0.267 e. The third-order valence-electron chi connectivity index (χ3n) is 4.29. The van der Waals surface area contributed by atoms with Crippen LogP contribution < -0.4 is 0 Å². The molecule has 23 heavy (non-hydrogen) atoms. The van der Waals surface area contributed by atoms with Crippen LogP contribution in [0.25, 0.3) is 6.08 Å². The molecular weight excluding hydrogens is 324 g/mol. The molecule has 1 amide bonds. The van der Waals surface area contributed by atoms with E-state index in [0.717, 1.165) is 23.6 Å². The first-order chi connectivity index (χ1) is 11.1. The van der Waals surface area contributed by atoms with Crippen LogP contribution in [0.15, 0.2) is 29.2 Å². The number of hydrogen-bond acceptors (Lipinski definition) is 4. The van der Waals surface area contributed by atoms with Gasteiger partial charge in [0.25, 0.3) is 5.91 Å². The van der Waals surface area contributed by atoms with Gasteiger partial charge in [-0.05, 0) is 44.5 Å². The summed E-state index contributed by atoms with van der Waals surface area (Å²) in [5.74, 6) is 0.0461. The van der Waals surface area contributed by atoms with E-state index in [0.29, 0.717) is 11.0 Å². The van der Waals surface area contributed by atoms with Gasteiger partial charge in [0.05, 0.1) is 11.6 Å². The first-order valence-corrected chi connectivity index (χ1v) is 9.40. The summed E-state index contributed by atoms with van der Waals surface area (Å²) in [5, 5.41) is 0. The minimum Gasteiger partial charge on any atom is -0.286 e. The van der Waals surface area contributed by atoms with Gasteiger partial charge in [0.2, 0.25) is 0 Å². The fraction of sp³-hybridized carbons (Fsp3) is 0.444. The lowest BCUT2D eigenvalue weighted by atomic mass is 10.1. The summed E-state index contributed by atoms with van der Waals surface area (Å²) in [6, 6.07) is 8.20. The lowest BCUT2D eigenvalue weighted by Crippen LogP contribution is -2.40. The van der Waals surface area contributed by atoms with Crippen LogP contribution in [0.5, 0.6) is 0 Å². The van der Waals surface area contributed by atoms with Gasteiger partial charge in [0.1, 0.15) is 4.32 Å². The van der Waals surface area contributed by atoms with Crippen LogP contribution in [0, 0.1) is 6.92 Å². The molecule has 5 heteroatoms. The molecule has 0 radical (unpaired) electrons. The minimum absolute atomic E-state index is 0.0461. The van der Waals surface area contributed by atoms with E-state index in [4.69, 9.17) is 12.2 Å². The Bertz CT molecular complexity index is 616. The second kappa shape index (κ2) is 7.60. The van der Waals surface area contributed by atoms with Crippen molar-refractivity contribution < 1.29 is 4.79 Å². The Labute approximate surface area is 147 Å². The number of thioether (sulfide) groups is 1. The summed E-state index contributed by atoms with van der Waals surface area (Å²) >= 11 is 6.85. The van der Waals surface area contributed by atoms with E-state index in [9.17, 15) is 4.79 Å². The second-order valence-electron chi connectivity index (χ2n) is 6.19. The number of aryl methyl sites for hydroxylation is 1. The number of thiocarbonyl (C=S) groups is 1. The van der Waals surface area contributed by atoms with E-state index in [1.807, 2.05) is 18.2 Å². The predicted molar refractivity (Wildman–Crippen MR) is 101 cm³/mol. The number of hydrogen-bond donors (Lipinski definition) is 0. The smallest absolute Gasteiger partial charge is 0.267 e. The normalized spacial score (nSPS) is 22.0. The molecule has 0 aromatic heterocycles. The number of nitrogens with zero attached hydrogens (tertiary/aromatic N) is 2. The highest BCUT2D eigenvalue weighted by atomic mass is 32.2. The minimum atomic E-state index is 0.0461. The maximum atomic E-state index is 12.7. The van der Waals surface area contributed by atoms with Crippen molar-refractivity contribution in [3.63, 3.8) is 0 Å². The van der Waals surface area contributed by atoms with Crippen molar-refractivity contribution in [1.29, 1.82) is 0 Å². The number of benzene rings is 1. The van der Waals surface area contributed by atoms with Gasteiger partial charge in [-0.2, -0.15) is 0 Å². The zero-order valence-corrected chi connectivity index (χ0v) is 15.1. The number of carbonyl (C=O) groups excluding carboxylic acids is 1. The molecule has 0 spiro atoms. The van der Waals surface area contributed by atoms with Crippen LogP contribution in [0.1, 0.15) is 36.8 Å². The van der Waals surface area contributed by atoms with Crippen LogP contribution in [0.3, 0.4) is 0 Å². The summed E-state index contributed by atoms with van der Waals surface area (Å²) < 4.78 is 0.678. The fourth-order valence-electron chi connectivity index (χ4n) is 2.91. The van der Waals surface area contributed by atoms with Crippen molar-refractivity contribution in [2.45, 2.75) is 32.6 Å². The van der Waals surface area contributed by atoms with E-state index < -0.39 is 0 Å². The summed E-state index contributed by atoms with van der Waals surface area (Å²) in [4.78, 5) is 17.5. The molecular formula is C18H22N2OS2. The van der Waals surface area contributed by atoms with Crippen LogP contribution in [-0.4, -0.2) is 39.8 Å². The van der Waals surface area contributed by atoms with E-state index in [1.54, 1.807) is 4.90 Å². The van der Waals surface area contributed by atoms with Crippen molar-refractivity contribution >= 4 is 40.3 Å². The molecule has 2 aliphatic heterocycles. The first kappa shape index (κ1) is 16.7. The van der Waals surface area contributed by atoms with Gasteiger partial charge >= 0.3 is 0 Å². The lowest BCUT2D eigenvalue weighted by Gasteiger charge is -2.25. The average Bonchev–Trinajstić information content (AvgIpc) is 2.75. The summed E-state index contributed by atoms with van der Waals surface area (Å²) in [6.07, 6.45) is 6.97. The average molecular weight is 347 g/mol. The predicted octanol–water partition coefficient (Wildman–Crippen LogP) is 4.03. The van der Waals surface area contributed by atoms with Crippen molar-refractivity contribution in [3.8, 4) is 0 Å². The van der Waals surface area contributed by atoms with Crippen molar-refractivity contribution in [1.82, 2.24) is 9.80 Å². The Morgan fingerprint density at radius 2 is 1.78 bits per heavy atom. The number of rotatable bonds is 3. The molecule has 0 N–H and O–H groups in total. The van der Waals surface area contributed by atoms with Gasteiger partial charge in [-0.15, -0.1) is 0 Å². The summed E-state index contributed by atoms with van der Waals surface area (Å²) in [5.41, 5.74) is 2.27. The molecule has 3 nitrogen and oxygen atoms in total. The molecule has 0 atom stereocenters. The second-order valence-corrected chi connectivity index (χ2v) is 7.87. The van der Waals surface area contributed by atoms with Crippen LogP contribution in [0.2, 0.25) is 0 Å². The Morgan fingerprint density at radius 1 is 1.13 bits per heavy atom. The largest absolute Gasteiger partial charge is 0.286 e. The van der Waals surface area contributed by atoms with Crippen molar-refractivity contribution in [3.05, 3.63) is 40.3 Å². The molecule has 0 bridgehead atoms. The highest BCUT2D eigenvalue weighted by Gasteiger charge is 2.33. The highest BCUT2D eigenvalue weighted by molar-refractivity contribution is 8.26. The molecule has 0 unspecified atom stereocenters. The van der Waals surface area contributed by atoms with Crippen LogP contribution >= 0.6 is 24.0 Å². The van der Waals surface area contributed by atoms with Crippen molar-refractivity contribution in [2.24, 2.45) is 0 Å². The number of carbonyl (C=O) groups is 1. The zero-order chi connectivity index (χ0) is 16.2. The maximum absolute atomic E-state index is 12.7. The molecule has 2 aliphatic rings. The Morgan fingerprint density at radius 3 is 2.43 bits per heavy atom. The number of likely N-dealkylation sites (tertiary alicyclic amines) is 1. The fourth-order valence-corrected chi connectivity index (χ4v) is 4.16. The van der Waals surface area contributed by atoms with Gasteiger partial charge in [-0.1, -0.05) is 66.7 Å². The Balaban J connectivity index is 1.70. The van der Waals surface area contributed by atoms with Gasteiger partial charge in [0, 0.05) is 0 Å². The van der Waals surface area contributed by atoms with E-state index in [2.05, 4.69) is 24.0 Å². The van der Waals surface area contributed by atoms with Gasteiger partial charge in [0.15, 0.2) is 0 Å². The first-order valence-electron chi connectivity index (χ1n) is 8.18. The van der Waals surface area contributed by atoms with E-state index >= 15 is 0 Å². The molecule has 1 aromatic rings. The molecule has 2 saturated heterocycles. The van der Waals surface area contributed by atoms with E-state index in [-0.39, 0.29) is 5.91 Å². The van der Waals surface area contributed by atoms with E-state index in [1.165, 1.54) is 43.0 Å². The zero-order valence-electron chi connectivity index (χ0n) is 13.5. The quantitative estimate of drug-likeness (QED) is 0.609. The molecule has 2 fully saturated rings. The molecule has 122 valence electrons. The summed E-state index contributed by atoms with van der Waals surface area (Å²) in [7, 11) is 0.